The SMILES string of the molecule is Cc1cccc(NC(=O)NC(c2ccc(C(=O)NCCC(=O)O)cc2)c2ccc(C3CCCCC3)cc2)c1. The summed E-state index contributed by atoms with van der Waals surface area (Å²) in [6.45, 7) is 2.03. The molecule has 3 amide bonds. The molecule has 4 N–H and O–H groups in total. The summed E-state index contributed by atoms with van der Waals surface area (Å²) in [6.07, 6.45) is 6.15. The highest BCUT2D eigenvalue weighted by Gasteiger charge is 2.20. The third-order valence-electron chi connectivity index (χ3n) is 7.03. The lowest BCUT2D eigenvalue weighted by Gasteiger charge is -2.24. The summed E-state index contributed by atoms with van der Waals surface area (Å²) in [5.41, 5.74) is 5.30. The van der Waals surface area contributed by atoms with Crippen molar-refractivity contribution >= 4 is 23.6 Å². The van der Waals surface area contributed by atoms with Crippen LogP contribution < -0.4 is 16.0 Å². The van der Waals surface area contributed by atoms with Gasteiger partial charge in [0.2, 0.25) is 0 Å². The lowest BCUT2D eigenvalue weighted by Crippen LogP contribution is -2.33. The van der Waals surface area contributed by atoms with E-state index in [1.165, 1.54) is 37.7 Å². The van der Waals surface area contributed by atoms with Gasteiger partial charge in [-0.1, -0.05) is 67.8 Å². The minimum absolute atomic E-state index is 0.0621. The molecule has 0 aromatic heterocycles. The zero-order valence-corrected chi connectivity index (χ0v) is 21.7. The first-order valence-electron chi connectivity index (χ1n) is 13.2. The van der Waals surface area contributed by atoms with Gasteiger partial charge in [-0.05, 0) is 72.2 Å². The van der Waals surface area contributed by atoms with Gasteiger partial charge < -0.3 is 21.1 Å². The van der Waals surface area contributed by atoms with Gasteiger partial charge in [-0.3, -0.25) is 9.59 Å². The molecule has 0 heterocycles. The summed E-state index contributed by atoms with van der Waals surface area (Å²) in [4.78, 5) is 36.1. The smallest absolute Gasteiger partial charge is 0.319 e. The Kier molecular flexibility index (Phi) is 9.14. The predicted octanol–water partition coefficient (Wildman–Crippen LogP) is 6.16. The van der Waals surface area contributed by atoms with E-state index in [9.17, 15) is 14.4 Å². The molecule has 0 saturated heterocycles. The van der Waals surface area contributed by atoms with Crippen molar-refractivity contribution in [1.29, 1.82) is 0 Å². The van der Waals surface area contributed by atoms with Crippen molar-refractivity contribution in [3.63, 3.8) is 0 Å². The van der Waals surface area contributed by atoms with Gasteiger partial charge >= 0.3 is 12.0 Å². The lowest BCUT2D eigenvalue weighted by atomic mass is 9.83. The van der Waals surface area contributed by atoms with Crippen LogP contribution in [-0.2, 0) is 4.79 Å². The first-order valence-corrected chi connectivity index (χ1v) is 13.2. The standard InChI is InChI=1S/C31H35N3O4/c1-21-6-5-9-27(20-21)33-31(38)34-29(24-12-10-23(11-13-24)22-7-3-2-4-8-22)25-14-16-26(17-15-25)30(37)32-19-18-28(35)36/h5-6,9-17,20,22,29H,2-4,7-8,18-19H2,1H3,(H,32,37)(H,35,36)(H2,33,34,38). The first-order chi connectivity index (χ1) is 18.4. The fourth-order valence-electron chi connectivity index (χ4n) is 4.99. The number of benzene rings is 3. The van der Waals surface area contributed by atoms with Gasteiger partial charge in [0, 0.05) is 17.8 Å². The van der Waals surface area contributed by atoms with Gasteiger partial charge in [0.15, 0.2) is 0 Å². The van der Waals surface area contributed by atoms with Crippen LogP contribution in [0.5, 0.6) is 0 Å². The molecule has 0 spiro atoms. The van der Waals surface area contributed by atoms with Crippen molar-refractivity contribution < 1.29 is 19.5 Å². The Labute approximate surface area is 223 Å². The molecule has 0 aliphatic heterocycles. The van der Waals surface area contributed by atoms with E-state index < -0.39 is 12.0 Å². The molecule has 1 aliphatic carbocycles. The Hall–Kier alpha value is -4.13. The molecule has 1 saturated carbocycles. The molecule has 3 aromatic carbocycles. The van der Waals surface area contributed by atoms with Crippen molar-refractivity contribution in [2.24, 2.45) is 0 Å². The number of nitrogens with one attached hydrogen (secondary N) is 3. The first kappa shape index (κ1) is 26.9. The molecule has 0 radical (unpaired) electrons. The van der Waals surface area contributed by atoms with E-state index in [1.807, 2.05) is 43.3 Å². The summed E-state index contributed by atoms with van der Waals surface area (Å²) in [7, 11) is 0. The van der Waals surface area contributed by atoms with E-state index in [0.29, 0.717) is 17.2 Å². The number of aliphatic carboxylic acids is 1. The number of anilines is 1. The minimum atomic E-state index is -0.965. The average molecular weight is 514 g/mol. The average Bonchev–Trinajstić information content (AvgIpc) is 2.92. The van der Waals surface area contributed by atoms with Gasteiger partial charge in [-0.2, -0.15) is 0 Å². The predicted molar refractivity (Wildman–Crippen MR) is 148 cm³/mol. The van der Waals surface area contributed by atoms with Crippen molar-refractivity contribution in [3.8, 4) is 0 Å². The van der Waals surface area contributed by atoms with Crippen LogP contribution in [0.3, 0.4) is 0 Å². The number of carboxylic acid groups (broad SMARTS) is 1. The zero-order valence-electron chi connectivity index (χ0n) is 21.7. The molecule has 1 aliphatic rings. The van der Waals surface area contributed by atoms with Crippen molar-refractivity contribution in [1.82, 2.24) is 10.6 Å². The molecule has 1 fully saturated rings. The van der Waals surface area contributed by atoms with E-state index in [2.05, 4.69) is 40.2 Å². The summed E-state index contributed by atoms with van der Waals surface area (Å²) in [5, 5.41) is 17.4. The normalized spacial score (nSPS) is 14.3. The van der Waals surface area contributed by atoms with E-state index in [1.54, 1.807) is 12.1 Å². The maximum atomic E-state index is 13.0. The van der Waals surface area contributed by atoms with E-state index >= 15 is 0 Å². The molecule has 7 heteroatoms. The fourth-order valence-corrected chi connectivity index (χ4v) is 4.99. The second kappa shape index (κ2) is 12.9. The molecular formula is C31H35N3O4. The van der Waals surface area contributed by atoms with Crippen LogP contribution in [0.15, 0.2) is 72.8 Å². The molecule has 1 atom stereocenters. The summed E-state index contributed by atoms with van der Waals surface area (Å²) >= 11 is 0. The van der Waals surface area contributed by atoms with Gasteiger partial charge in [-0.15, -0.1) is 0 Å². The molecule has 7 nitrogen and oxygen atoms in total. The van der Waals surface area contributed by atoms with Gasteiger partial charge in [0.25, 0.3) is 5.91 Å². The molecule has 1 unspecified atom stereocenters. The van der Waals surface area contributed by atoms with E-state index in [0.717, 1.165) is 16.7 Å². The second-order valence-corrected chi connectivity index (χ2v) is 9.92. The van der Waals surface area contributed by atoms with Gasteiger partial charge in [0.1, 0.15) is 0 Å². The topological polar surface area (TPSA) is 108 Å². The van der Waals surface area contributed by atoms with Gasteiger partial charge in [-0.25, -0.2) is 4.79 Å². The highest BCUT2D eigenvalue weighted by Crippen LogP contribution is 2.33. The Morgan fingerprint density at radius 1 is 0.895 bits per heavy atom. The van der Waals surface area contributed by atoms with Crippen molar-refractivity contribution in [3.05, 3.63) is 101 Å². The number of carbonyl (C=O) groups excluding carboxylic acids is 2. The van der Waals surface area contributed by atoms with Crippen LogP contribution in [-0.4, -0.2) is 29.6 Å². The van der Waals surface area contributed by atoms with Crippen LogP contribution in [0.2, 0.25) is 0 Å². The lowest BCUT2D eigenvalue weighted by molar-refractivity contribution is -0.136. The molecule has 4 rings (SSSR count). The van der Waals surface area contributed by atoms with Crippen LogP contribution in [0.4, 0.5) is 10.5 Å². The highest BCUT2D eigenvalue weighted by atomic mass is 16.4. The van der Waals surface area contributed by atoms with Crippen LogP contribution in [0.25, 0.3) is 0 Å². The van der Waals surface area contributed by atoms with Crippen molar-refractivity contribution in [2.45, 2.75) is 57.4 Å². The number of carbonyl (C=O) groups is 3. The highest BCUT2D eigenvalue weighted by molar-refractivity contribution is 5.94. The number of amides is 3. The summed E-state index contributed by atoms with van der Waals surface area (Å²) < 4.78 is 0. The summed E-state index contributed by atoms with van der Waals surface area (Å²) in [5.74, 6) is -0.711. The Bertz CT molecular complexity index is 1250. The second-order valence-electron chi connectivity index (χ2n) is 9.92. The molecular weight excluding hydrogens is 478 g/mol. The third-order valence-corrected chi connectivity index (χ3v) is 7.03. The third kappa shape index (κ3) is 7.44. The van der Waals surface area contributed by atoms with Crippen LogP contribution in [0, 0.1) is 6.92 Å². The zero-order chi connectivity index (χ0) is 26.9. The fraction of sp³-hybridized carbons (Fsp3) is 0.323. The Morgan fingerprint density at radius 2 is 1.55 bits per heavy atom. The summed E-state index contributed by atoms with van der Waals surface area (Å²) in [6, 6.07) is 22.4. The Balaban J connectivity index is 1.53. The maximum Gasteiger partial charge on any atom is 0.319 e. The van der Waals surface area contributed by atoms with Crippen molar-refractivity contribution in [2.75, 3.05) is 11.9 Å². The number of hydrogen-bond donors (Lipinski definition) is 4. The molecule has 0 bridgehead atoms. The van der Waals surface area contributed by atoms with Crippen LogP contribution >= 0.6 is 0 Å². The number of urea groups is 1. The number of aryl methyl sites for hydroxylation is 1. The number of hydrogen-bond acceptors (Lipinski definition) is 3. The molecule has 38 heavy (non-hydrogen) atoms. The monoisotopic (exact) mass is 513 g/mol. The maximum absolute atomic E-state index is 13.0. The number of carboxylic acids is 1. The van der Waals surface area contributed by atoms with Gasteiger partial charge in [0.05, 0.1) is 12.5 Å². The Morgan fingerprint density at radius 3 is 2.18 bits per heavy atom. The van der Waals surface area contributed by atoms with E-state index in [4.69, 9.17) is 5.11 Å². The largest absolute Gasteiger partial charge is 0.481 e. The molecule has 198 valence electrons. The minimum Gasteiger partial charge on any atom is -0.481 e. The van der Waals surface area contributed by atoms with E-state index in [-0.39, 0.29) is 24.9 Å². The number of rotatable bonds is 9. The quantitative estimate of drug-likeness (QED) is 0.275. The molecule has 3 aromatic rings. The van der Waals surface area contributed by atoms with Crippen LogP contribution in [0.1, 0.15) is 83.1 Å².